The minimum absolute atomic E-state index is 0.712. The molecule has 0 aliphatic heterocycles. The molecule has 82 valence electrons. The molecule has 0 radical (unpaired) electrons. The van der Waals surface area contributed by atoms with Crippen LogP contribution in [0.25, 0.3) is 0 Å². The summed E-state index contributed by atoms with van der Waals surface area (Å²) < 4.78 is 0. The zero-order chi connectivity index (χ0) is 10.7. The number of hydrogen-bond donors (Lipinski definition) is 2. The summed E-state index contributed by atoms with van der Waals surface area (Å²) in [4.78, 5) is 0. The monoisotopic (exact) mass is 224 g/mol. The van der Waals surface area contributed by atoms with Gasteiger partial charge in [-0.3, -0.25) is 0 Å². The summed E-state index contributed by atoms with van der Waals surface area (Å²) in [7, 11) is 0. The number of nitrogens with two attached hydrogens (primary N) is 1. The van der Waals surface area contributed by atoms with Gasteiger partial charge in [-0.15, -0.1) is 0 Å². The van der Waals surface area contributed by atoms with Crippen LogP contribution in [0.5, 0.6) is 0 Å². The lowest BCUT2D eigenvalue weighted by molar-refractivity contribution is 0.303. The van der Waals surface area contributed by atoms with E-state index in [2.05, 4.69) is 5.32 Å². The van der Waals surface area contributed by atoms with Gasteiger partial charge in [0.2, 0.25) is 0 Å². The summed E-state index contributed by atoms with van der Waals surface area (Å²) in [6, 6.07) is 5.60. The first-order chi connectivity index (χ1) is 7.25. The highest BCUT2D eigenvalue weighted by atomic mass is 35.5. The molecule has 0 aromatic heterocycles. The molecule has 3 heteroatoms. The standard InChI is InChI=1S/C12H17ClN2/c13-11-8-10(14)4-5-12(11)15-7-6-9-2-1-3-9/h4-5,8-9,15H,1-3,6-7,14H2. The quantitative estimate of drug-likeness (QED) is 0.768. The smallest absolute Gasteiger partial charge is 0.0657 e. The Balaban J connectivity index is 1.81. The van der Waals surface area contributed by atoms with Crippen molar-refractivity contribution in [3.8, 4) is 0 Å². The van der Waals surface area contributed by atoms with E-state index in [0.717, 1.165) is 18.2 Å². The van der Waals surface area contributed by atoms with Crippen LogP contribution in [0.1, 0.15) is 25.7 Å². The molecule has 0 bridgehead atoms. The number of anilines is 2. The van der Waals surface area contributed by atoms with Crippen molar-refractivity contribution in [3.05, 3.63) is 23.2 Å². The van der Waals surface area contributed by atoms with E-state index in [1.807, 2.05) is 12.1 Å². The van der Waals surface area contributed by atoms with Gasteiger partial charge >= 0.3 is 0 Å². The summed E-state index contributed by atoms with van der Waals surface area (Å²) >= 11 is 6.05. The third-order valence-electron chi connectivity index (χ3n) is 3.09. The third-order valence-corrected chi connectivity index (χ3v) is 3.40. The average Bonchev–Trinajstić information content (AvgIpc) is 2.12. The molecule has 0 atom stereocenters. The first-order valence-corrected chi connectivity index (χ1v) is 5.92. The highest BCUT2D eigenvalue weighted by Crippen LogP contribution is 2.30. The summed E-state index contributed by atoms with van der Waals surface area (Å²) in [6.07, 6.45) is 5.46. The molecule has 3 N–H and O–H groups in total. The second-order valence-corrected chi connectivity index (χ2v) is 4.66. The van der Waals surface area contributed by atoms with E-state index in [9.17, 15) is 0 Å². The van der Waals surface area contributed by atoms with E-state index in [4.69, 9.17) is 17.3 Å². The molecule has 0 heterocycles. The SMILES string of the molecule is Nc1ccc(NCCC2CCC2)c(Cl)c1. The molecule has 2 nitrogen and oxygen atoms in total. The Labute approximate surface area is 95.8 Å². The minimum atomic E-state index is 0.712. The number of rotatable bonds is 4. The lowest BCUT2D eigenvalue weighted by atomic mass is 9.83. The van der Waals surface area contributed by atoms with Crippen LogP contribution >= 0.6 is 11.6 Å². The zero-order valence-electron chi connectivity index (χ0n) is 8.80. The fourth-order valence-corrected chi connectivity index (χ4v) is 2.12. The molecule has 15 heavy (non-hydrogen) atoms. The zero-order valence-corrected chi connectivity index (χ0v) is 9.56. The maximum absolute atomic E-state index is 6.05. The second-order valence-electron chi connectivity index (χ2n) is 4.25. The maximum Gasteiger partial charge on any atom is 0.0657 e. The van der Waals surface area contributed by atoms with E-state index in [1.165, 1.54) is 25.7 Å². The Morgan fingerprint density at radius 3 is 2.80 bits per heavy atom. The third kappa shape index (κ3) is 2.78. The van der Waals surface area contributed by atoms with Gasteiger partial charge in [-0.2, -0.15) is 0 Å². The maximum atomic E-state index is 6.05. The van der Waals surface area contributed by atoms with Gasteiger partial charge in [-0.05, 0) is 30.5 Å². The van der Waals surface area contributed by atoms with E-state index in [0.29, 0.717) is 10.7 Å². The van der Waals surface area contributed by atoms with Crippen molar-refractivity contribution in [3.63, 3.8) is 0 Å². The number of benzene rings is 1. The Bertz CT molecular complexity index is 334. The number of nitrogen functional groups attached to an aromatic ring is 1. The van der Waals surface area contributed by atoms with Crippen molar-refractivity contribution in [1.82, 2.24) is 0 Å². The molecule has 1 aliphatic rings. The average molecular weight is 225 g/mol. The Hall–Kier alpha value is -0.890. The van der Waals surface area contributed by atoms with Gasteiger partial charge in [0.1, 0.15) is 0 Å². The van der Waals surface area contributed by atoms with Gasteiger partial charge in [0, 0.05) is 12.2 Å². The van der Waals surface area contributed by atoms with Gasteiger partial charge in [-0.1, -0.05) is 30.9 Å². The predicted octanol–water partition coefficient (Wildman–Crippen LogP) is 3.52. The van der Waals surface area contributed by atoms with Gasteiger partial charge in [-0.25, -0.2) is 0 Å². The van der Waals surface area contributed by atoms with Crippen LogP contribution in [-0.4, -0.2) is 6.54 Å². The molecule has 0 unspecified atom stereocenters. The molecule has 1 aromatic carbocycles. The Kier molecular flexibility index (Phi) is 3.37. The number of halogens is 1. The van der Waals surface area contributed by atoms with Gasteiger partial charge in [0.05, 0.1) is 10.7 Å². The van der Waals surface area contributed by atoms with Crippen molar-refractivity contribution in [2.75, 3.05) is 17.6 Å². The van der Waals surface area contributed by atoms with Gasteiger partial charge in [0.25, 0.3) is 0 Å². The summed E-state index contributed by atoms with van der Waals surface area (Å²) in [6.45, 7) is 1.01. The largest absolute Gasteiger partial charge is 0.399 e. The molecular formula is C12H17ClN2. The molecule has 0 amide bonds. The lowest BCUT2D eigenvalue weighted by Gasteiger charge is -2.25. The summed E-state index contributed by atoms with van der Waals surface area (Å²) in [5.41, 5.74) is 7.33. The van der Waals surface area contributed by atoms with Crippen LogP contribution in [0.4, 0.5) is 11.4 Å². The molecule has 0 spiro atoms. The first kappa shape index (κ1) is 10.6. The predicted molar refractivity (Wildman–Crippen MR) is 66.3 cm³/mol. The molecular weight excluding hydrogens is 208 g/mol. The fraction of sp³-hybridized carbons (Fsp3) is 0.500. The van der Waals surface area contributed by atoms with Gasteiger partial charge in [0.15, 0.2) is 0 Å². The van der Waals surface area contributed by atoms with E-state index < -0.39 is 0 Å². The van der Waals surface area contributed by atoms with Crippen LogP contribution in [0.15, 0.2) is 18.2 Å². The normalized spacial score (nSPS) is 16.1. The van der Waals surface area contributed by atoms with Crippen LogP contribution in [0, 0.1) is 5.92 Å². The number of hydrogen-bond acceptors (Lipinski definition) is 2. The van der Waals surface area contributed by atoms with Crippen molar-refractivity contribution < 1.29 is 0 Å². The van der Waals surface area contributed by atoms with Crippen LogP contribution in [-0.2, 0) is 0 Å². The molecule has 0 saturated heterocycles. The molecule has 1 aromatic rings. The highest BCUT2D eigenvalue weighted by molar-refractivity contribution is 6.33. The van der Waals surface area contributed by atoms with Gasteiger partial charge < -0.3 is 11.1 Å². The second kappa shape index (κ2) is 4.75. The topological polar surface area (TPSA) is 38.0 Å². The number of nitrogens with one attached hydrogen (secondary N) is 1. The molecule has 1 aliphatic carbocycles. The van der Waals surface area contributed by atoms with E-state index in [-0.39, 0.29) is 0 Å². The van der Waals surface area contributed by atoms with Crippen molar-refractivity contribution >= 4 is 23.0 Å². The van der Waals surface area contributed by atoms with Crippen molar-refractivity contribution in [1.29, 1.82) is 0 Å². The van der Waals surface area contributed by atoms with E-state index in [1.54, 1.807) is 6.07 Å². The molecule has 2 rings (SSSR count). The Morgan fingerprint density at radius 2 is 2.20 bits per heavy atom. The molecule has 1 saturated carbocycles. The van der Waals surface area contributed by atoms with Crippen LogP contribution in [0.3, 0.4) is 0 Å². The molecule has 1 fully saturated rings. The van der Waals surface area contributed by atoms with Crippen molar-refractivity contribution in [2.45, 2.75) is 25.7 Å². The summed E-state index contributed by atoms with van der Waals surface area (Å²) in [5.74, 6) is 0.935. The summed E-state index contributed by atoms with van der Waals surface area (Å²) in [5, 5.41) is 4.06. The fourth-order valence-electron chi connectivity index (χ4n) is 1.87. The highest BCUT2D eigenvalue weighted by Gasteiger charge is 2.16. The first-order valence-electron chi connectivity index (χ1n) is 5.54. The van der Waals surface area contributed by atoms with Crippen molar-refractivity contribution in [2.24, 2.45) is 5.92 Å². The minimum Gasteiger partial charge on any atom is -0.399 e. The lowest BCUT2D eigenvalue weighted by Crippen LogP contribution is -2.15. The Morgan fingerprint density at radius 1 is 1.40 bits per heavy atom. The van der Waals surface area contributed by atoms with Crippen LogP contribution in [0.2, 0.25) is 5.02 Å². The van der Waals surface area contributed by atoms with E-state index >= 15 is 0 Å². The van der Waals surface area contributed by atoms with Crippen LogP contribution < -0.4 is 11.1 Å².